The van der Waals surface area contributed by atoms with Crippen molar-refractivity contribution < 1.29 is 55.1 Å². The summed E-state index contributed by atoms with van der Waals surface area (Å²) >= 11 is 0. The number of nitrogens with one attached hydrogen (secondary N) is 3. The van der Waals surface area contributed by atoms with Gasteiger partial charge >= 0.3 is 6.09 Å². The Labute approximate surface area is 460 Å². The van der Waals surface area contributed by atoms with Gasteiger partial charge in [0.15, 0.2) is 0 Å². The average molecular weight is 1100 g/mol. The third kappa shape index (κ3) is 13.1. The lowest BCUT2D eigenvalue weighted by Crippen LogP contribution is -2.44. The number of benzene rings is 5. The highest BCUT2D eigenvalue weighted by molar-refractivity contribution is 5.99. The van der Waals surface area contributed by atoms with E-state index in [1.165, 1.54) is 12.1 Å². The lowest BCUT2D eigenvalue weighted by molar-refractivity contribution is -0.137. The second-order valence-corrected chi connectivity index (χ2v) is 21.9. The smallest absolute Gasteiger partial charge is 0.410 e. The molecular formula is C62H64F6N6O6. The second kappa shape index (κ2) is 24.1. The molecule has 0 bridgehead atoms. The summed E-state index contributed by atoms with van der Waals surface area (Å²) in [5.41, 5.74) is 6.55. The number of fused-ring (bicyclic) bond motifs is 2. The van der Waals surface area contributed by atoms with E-state index < -0.39 is 24.5 Å². The molecule has 5 amide bonds. The molecule has 5 aromatic carbocycles. The molecule has 6 heterocycles. The maximum absolute atomic E-state index is 15.6. The number of ether oxygens (including phenoxy) is 1. The minimum absolute atomic E-state index is 0.00810. The molecule has 12 nitrogen and oxygen atoms in total. The molecule has 0 radical (unpaired) electrons. The Morgan fingerprint density at radius 2 is 1.20 bits per heavy atom. The van der Waals surface area contributed by atoms with Gasteiger partial charge in [0, 0.05) is 75.1 Å². The van der Waals surface area contributed by atoms with Crippen molar-refractivity contribution in [3.63, 3.8) is 0 Å². The lowest BCUT2D eigenvalue weighted by atomic mass is 9.84. The first-order valence-corrected chi connectivity index (χ1v) is 27.6. The Morgan fingerprint density at radius 1 is 0.613 bits per heavy atom. The van der Waals surface area contributed by atoms with Gasteiger partial charge in [-0.25, -0.2) is 13.6 Å². The van der Waals surface area contributed by atoms with E-state index in [9.17, 15) is 37.1 Å². The number of hydrogen-bond donors (Lipinski definition) is 3. The standard InChI is InChI=1S/C35H34F3N3O4.C27H30F3N3O2/c36-29-19-25(18-27-10-12-31(42)39-33(27)43)9-11-30(29)40-15-13-23(14-16-40)17-26-7-4-8-28-20-41(22-35(37,38)32(26)28)34(44)45-21-24-5-2-1-3-6-24;28-22-14-18(13-20-5-7-24(34)32-26(20)35)4-6-23(22)33-10-8-17(9-11-33)12-19-2-1-3-21-15-31-16-27(29,30)25(19)21/h1-9,11,17,19,27H,10,12-16,18,20-22H2,(H,39,42,43);1-4,6,14,17,20,31H,5,7-13,15-16H2,(H,32,34,35). The largest absolute Gasteiger partial charge is 0.445 e. The van der Waals surface area contributed by atoms with Crippen LogP contribution in [0.3, 0.4) is 0 Å². The molecule has 2 atom stereocenters. The minimum Gasteiger partial charge on any atom is -0.445 e. The van der Waals surface area contributed by atoms with Gasteiger partial charge in [-0.1, -0.05) is 90.5 Å². The van der Waals surface area contributed by atoms with Gasteiger partial charge < -0.3 is 19.9 Å². The van der Waals surface area contributed by atoms with E-state index in [1.807, 2.05) is 58.3 Å². The highest BCUT2D eigenvalue weighted by Gasteiger charge is 2.44. The summed E-state index contributed by atoms with van der Waals surface area (Å²) in [6, 6.07) is 29.6. The molecule has 4 saturated heterocycles. The van der Waals surface area contributed by atoms with Gasteiger partial charge in [-0.3, -0.25) is 34.7 Å². The van der Waals surface area contributed by atoms with Gasteiger partial charge in [0.25, 0.3) is 11.8 Å². The topological polar surface area (TPSA) is 140 Å². The summed E-state index contributed by atoms with van der Waals surface area (Å²) in [5.74, 6) is -8.36. The molecule has 6 aliphatic heterocycles. The van der Waals surface area contributed by atoms with Gasteiger partial charge in [0.2, 0.25) is 23.6 Å². The Bertz CT molecular complexity index is 3170. The molecule has 0 saturated carbocycles. The van der Waals surface area contributed by atoms with Crippen LogP contribution >= 0.6 is 0 Å². The molecule has 6 aliphatic rings. The van der Waals surface area contributed by atoms with Crippen molar-refractivity contribution in [3.8, 4) is 0 Å². The number of hydrogen-bond acceptors (Lipinski definition) is 9. The monoisotopic (exact) mass is 1100 g/mol. The summed E-state index contributed by atoms with van der Waals surface area (Å²) < 4.78 is 95.8. The number of imide groups is 2. The van der Waals surface area contributed by atoms with Crippen LogP contribution in [0.5, 0.6) is 0 Å². The molecule has 0 aromatic heterocycles. The van der Waals surface area contributed by atoms with E-state index in [1.54, 1.807) is 48.5 Å². The van der Waals surface area contributed by atoms with Crippen molar-refractivity contribution in [2.24, 2.45) is 17.8 Å². The molecule has 2 unspecified atom stereocenters. The van der Waals surface area contributed by atoms with Crippen molar-refractivity contribution in [1.29, 1.82) is 0 Å². The SMILES string of the molecule is O=C1CCC(Cc2ccc(N3CCC(=Cc4cccc5c4C(F)(F)CN(C(=O)OCc4ccccc4)C5)CC3)c(F)c2)C(=O)N1.O=C1CCC(Cc2ccc(N3CCC(Cc4cccc5c4C(F)(F)CNC5)CC3)c(F)c2)C(=O)N1. The molecule has 18 heteroatoms. The summed E-state index contributed by atoms with van der Waals surface area (Å²) in [6.07, 6.45) is 6.73. The number of anilines is 2. The van der Waals surface area contributed by atoms with E-state index >= 15 is 13.2 Å². The van der Waals surface area contributed by atoms with Crippen molar-refractivity contribution in [2.45, 2.75) is 102 Å². The summed E-state index contributed by atoms with van der Waals surface area (Å²) in [6.45, 7) is 1.81. The van der Waals surface area contributed by atoms with Crippen LogP contribution < -0.4 is 25.8 Å². The van der Waals surface area contributed by atoms with Crippen molar-refractivity contribution in [1.82, 2.24) is 20.9 Å². The van der Waals surface area contributed by atoms with Crippen molar-refractivity contribution >= 4 is 47.2 Å². The molecule has 80 heavy (non-hydrogen) atoms. The van der Waals surface area contributed by atoms with E-state index in [0.29, 0.717) is 118 Å². The zero-order valence-corrected chi connectivity index (χ0v) is 44.3. The Hall–Kier alpha value is -7.47. The minimum atomic E-state index is -3.26. The van der Waals surface area contributed by atoms with E-state index in [2.05, 4.69) is 16.0 Å². The maximum Gasteiger partial charge on any atom is 0.410 e. The quantitative estimate of drug-likeness (QED) is 0.0871. The van der Waals surface area contributed by atoms with Gasteiger partial charge in [0.05, 0.1) is 24.5 Å². The summed E-state index contributed by atoms with van der Waals surface area (Å²) in [7, 11) is 0. The molecule has 11 rings (SSSR count). The van der Waals surface area contributed by atoms with Crippen LogP contribution in [0.1, 0.15) is 101 Å². The molecule has 5 aromatic rings. The van der Waals surface area contributed by atoms with Crippen LogP contribution in [0.25, 0.3) is 6.08 Å². The summed E-state index contributed by atoms with van der Waals surface area (Å²) in [4.78, 5) is 64.5. The zero-order chi connectivity index (χ0) is 56.1. The predicted molar refractivity (Wildman–Crippen MR) is 289 cm³/mol. The van der Waals surface area contributed by atoms with Crippen LogP contribution in [0.2, 0.25) is 0 Å². The third-order valence-electron chi connectivity index (χ3n) is 16.3. The first kappa shape index (κ1) is 55.8. The van der Waals surface area contributed by atoms with Crippen LogP contribution in [-0.4, -0.2) is 73.9 Å². The number of nitrogens with zero attached hydrogens (tertiary/aromatic N) is 3. The van der Waals surface area contributed by atoms with Crippen LogP contribution in [-0.2, 0) is 74.7 Å². The highest BCUT2D eigenvalue weighted by Crippen LogP contribution is 2.42. The maximum atomic E-state index is 15.6. The Balaban J connectivity index is 0.000000186. The third-order valence-corrected chi connectivity index (χ3v) is 16.3. The molecular weight excluding hydrogens is 1040 g/mol. The fraction of sp³-hybridized carbons (Fsp3) is 0.403. The number of halogens is 6. The Morgan fingerprint density at radius 3 is 1.80 bits per heavy atom. The second-order valence-electron chi connectivity index (χ2n) is 21.9. The zero-order valence-electron chi connectivity index (χ0n) is 44.3. The van der Waals surface area contributed by atoms with Gasteiger partial charge in [0.1, 0.15) is 18.2 Å². The van der Waals surface area contributed by atoms with Gasteiger partial charge in [-0.15, -0.1) is 0 Å². The number of amides is 5. The highest BCUT2D eigenvalue weighted by atomic mass is 19.3. The number of carbonyl (C=O) groups is 5. The fourth-order valence-corrected chi connectivity index (χ4v) is 12.1. The van der Waals surface area contributed by atoms with E-state index in [0.717, 1.165) is 40.0 Å². The van der Waals surface area contributed by atoms with Crippen molar-refractivity contribution in [2.75, 3.05) is 49.1 Å². The summed E-state index contributed by atoms with van der Waals surface area (Å²) in [5, 5.41) is 7.48. The van der Waals surface area contributed by atoms with Gasteiger partial charge in [-0.05, 0) is 127 Å². The number of alkyl halides is 4. The first-order valence-electron chi connectivity index (χ1n) is 27.6. The number of rotatable bonds is 11. The average Bonchev–Trinajstić information content (AvgIpc) is 3.54. The van der Waals surface area contributed by atoms with E-state index in [4.69, 9.17) is 4.74 Å². The van der Waals surface area contributed by atoms with Crippen molar-refractivity contribution in [3.05, 3.63) is 170 Å². The molecule has 420 valence electrons. The molecule has 0 spiro atoms. The fourth-order valence-electron chi connectivity index (χ4n) is 12.1. The normalized spacial score (nSPS) is 20.9. The molecule has 4 fully saturated rings. The van der Waals surface area contributed by atoms with Gasteiger partial charge in [-0.2, -0.15) is 17.6 Å². The number of piperidine rings is 4. The molecule has 3 N–H and O–H groups in total. The lowest BCUT2D eigenvalue weighted by Gasteiger charge is -2.35. The predicted octanol–water partition coefficient (Wildman–Crippen LogP) is 10.4. The first-order chi connectivity index (χ1) is 38.5. The van der Waals surface area contributed by atoms with E-state index in [-0.39, 0.29) is 90.3 Å². The van der Waals surface area contributed by atoms with Crippen LogP contribution in [0, 0.1) is 29.4 Å². The van der Waals surface area contributed by atoms with Crippen LogP contribution in [0.4, 0.5) is 42.5 Å². The Kier molecular flexibility index (Phi) is 16.8. The molecule has 0 aliphatic carbocycles. The number of carbonyl (C=O) groups excluding carboxylic acids is 5. The van der Waals surface area contributed by atoms with Crippen LogP contribution in [0.15, 0.2) is 109 Å².